The summed E-state index contributed by atoms with van der Waals surface area (Å²) in [5.74, 6) is 0. The van der Waals surface area contributed by atoms with E-state index in [-0.39, 0.29) is 5.41 Å². The fourth-order valence-corrected chi connectivity index (χ4v) is 1.94. The Morgan fingerprint density at radius 3 is 2.06 bits per heavy atom. The molecule has 2 heteroatoms. The van der Waals surface area contributed by atoms with Gasteiger partial charge in [-0.05, 0) is 22.6 Å². The number of rotatable bonds is 1. The van der Waals surface area contributed by atoms with Crippen molar-refractivity contribution in [3.8, 4) is 11.3 Å². The van der Waals surface area contributed by atoms with Gasteiger partial charge in [-0.2, -0.15) is 0 Å². The number of hydrogen-bond acceptors (Lipinski definition) is 0. The maximum absolute atomic E-state index is 6.07. The van der Waals surface area contributed by atoms with Crippen LogP contribution >= 0.6 is 11.6 Å². The van der Waals surface area contributed by atoms with Gasteiger partial charge in [0, 0.05) is 6.20 Å². The molecule has 0 saturated heterocycles. The Kier molecular flexibility index (Phi) is 2.81. The van der Waals surface area contributed by atoms with Crippen molar-refractivity contribution in [2.45, 2.75) is 26.2 Å². The van der Waals surface area contributed by atoms with Gasteiger partial charge >= 0.3 is 0 Å². The Morgan fingerprint density at radius 1 is 1.00 bits per heavy atom. The highest BCUT2D eigenvalue weighted by atomic mass is 35.5. The number of nitrogens with one attached hydrogen (secondary N) is 1. The number of hydrogen-bond donors (Lipinski definition) is 1. The number of aromatic amines is 1. The summed E-state index contributed by atoms with van der Waals surface area (Å²) in [6.07, 6.45) is 1.86. The van der Waals surface area contributed by atoms with Gasteiger partial charge in [-0.3, -0.25) is 0 Å². The lowest BCUT2D eigenvalue weighted by Crippen LogP contribution is -2.10. The summed E-state index contributed by atoms with van der Waals surface area (Å²) in [7, 11) is 0. The van der Waals surface area contributed by atoms with Crippen LogP contribution in [0, 0.1) is 0 Å². The summed E-state index contributed by atoms with van der Waals surface area (Å²) < 4.78 is 0. The minimum Gasteiger partial charge on any atom is -0.360 e. The van der Waals surface area contributed by atoms with Gasteiger partial charge in [0.1, 0.15) is 0 Å². The lowest BCUT2D eigenvalue weighted by Gasteiger charge is -2.19. The largest absolute Gasteiger partial charge is 0.360 e. The van der Waals surface area contributed by atoms with E-state index in [4.69, 9.17) is 11.6 Å². The molecule has 16 heavy (non-hydrogen) atoms. The minimum atomic E-state index is 0.193. The molecule has 0 fully saturated rings. The maximum Gasteiger partial charge on any atom is 0.0661 e. The highest BCUT2D eigenvalue weighted by molar-refractivity contribution is 6.33. The summed E-state index contributed by atoms with van der Waals surface area (Å²) in [6.45, 7) is 6.64. The molecule has 0 aliphatic heterocycles. The van der Waals surface area contributed by atoms with E-state index in [0.29, 0.717) is 0 Å². The van der Waals surface area contributed by atoms with Crippen molar-refractivity contribution in [3.05, 3.63) is 47.1 Å². The molecule has 84 valence electrons. The van der Waals surface area contributed by atoms with Gasteiger partial charge in [0.2, 0.25) is 0 Å². The monoisotopic (exact) mass is 233 g/mol. The smallest absolute Gasteiger partial charge is 0.0661 e. The molecule has 0 atom stereocenters. The van der Waals surface area contributed by atoms with Crippen LogP contribution in [-0.2, 0) is 5.41 Å². The lowest BCUT2D eigenvalue weighted by molar-refractivity contribution is 0.590. The molecule has 0 radical (unpaired) electrons. The fraction of sp³-hybridized carbons (Fsp3) is 0.286. The Bertz CT molecular complexity index is 474. The second-order valence-electron chi connectivity index (χ2n) is 5.03. The Hall–Kier alpha value is -1.21. The third kappa shape index (κ3) is 2.14. The Labute approximate surface area is 101 Å². The van der Waals surface area contributed by atoms with Crippen molar-refractivity contribution < 1.29 is 0 Å². The van der Waals surface area contributed by atoms with Crippen molar-refractivity contribution >= 4 is 11.6 Å². The molecular weight excluding hydrogens is 218 g/mol. The highest BCUT2D eigenvalue weighted by Crippen LogP contribution is 2.29. The summed E-state index contributed by atoms with van der Waals surface area (Å²) in [5, 5.41) is 0.767. The van der Waals surface area contributed by atoms with Crippen LogP contribution in [0.2, 0.25) is 5.02 Å². The molecule has 0 saturated carbocycles. The molecule has 1 nitrogen and oxygen atoms in total. The molecule has 1 heterocycles. The van der Waals surface area contributed by atoms with Crippen LogP contribution in [-0.4, -0.2) is 4.98 Å². The molecule has 0 spiro atoms. The topological polar surface area (TPSA) is 15.8 Å². The van der Waals surface area contributed by atoms with E-state index in [2.05, 4.69) is 50.0 Å². The second-order valence-corrected chi connectivity index (χ2v) is 5.44. The predicted molar refractivity (Wildman–Crippen MR) is 69.9 cm³/mol. The molecule has 0 aliphatic carbocycles. The van der Waals surface area contributed by atoms with E-state index < -0.39 is 0 Å². The number of aromatic nitrogens is 1. The summed E-state index contributed by atoms with van der Waals surface area (Å²) in [4.78, 5) is 3.15. The summed E-state index contributed by atoms with van der Waals surface area (Å²) in [5.41, 5.74) is 3.64. The van der Waals surface area contributed by atoms with Gasteiger partial charge in [-0.15, -0.1) is 0 Å². The molecule has 2 aromatic rings. The standard InChI is InChI=1S/C14H16ClN/c1-14(2,3)11-6-4-10(5-7-11)13-12(15)8-9-16-13/h4-9,16H,1-3H3. The fourth-order valence-electron chi connectivity index (χ4n) is 1.71. The van der Waals surface area contributed by atoms with Crippen molar-refractivity contribution in [2.24, 2.45) is 0 Å². The summed E-state index contributed by atoms with van der Waals surface area (Å²) >= 11 is 6.07. The van der Waals surface area contributed by atoms with E-state index in [1.165, 1.54) is 5.56 Å². The van der Waals surface area contributed by atoms with Crippen LogP contribution in [0.3, 0.4) is 0 Å². The van der Waals surface area contributed by atoms with Crippen molar-refractivity contribution in [1.82, 2.24) is 4.98 Å². The molecule has 2 rings (SSSR count). The predicted octanol–water partition coefficient (Wildman–Crippen LogP) is 4.63. The molecular formula is C14H16ClN. The van der Waals surface area contributed by atoms with Crippen molar-refractivity contribution in [1.29, 1.82) is 0 Å². The zero-order valence-electron chi connectivity index (χ0n) is 9.84. The Morgan fingerprint density at radius 2 is 1.62 bits per heavy atom. The minimum absolute atomic E-state index is 0.193. The third-order valence-electron chi connectivity index (χ3n) is 2.74. The molecule has 0 unspecified atom stereocenters. The van der Waals surface area contributed by atoms with E-state index in [0.717, 1.165) is 16.3 Å². The van der Waals surface area contributed by atoms with Crippen molar-refractivity contribution in [3.63, 3.8) is 0 Å². The number of benzene rings is 1. The molecule has 0 aliphatic rings. The van der Waals surface area contributed by atoms with Gasteiger partial charge in [0.15, 0.2) is 0 Å². The molecule has 1 aromatic heterocycles. The van der Waals surface area contributed by atoms with E-state index in [1.807, 2.05) is 12.3 Å². The first-order valence-corrected chi connectivity index (χ1v) is 5.80. The maximum atomic E-state index is 6.07. The van der Waals surface area contributed by atoms with Gasteiger partial charge < -0.3 is 4.98 Å². The number of halogens is 1. The molecule has 0 amide bonds. The SMILES string of the molecule is CC(C)(C)c1ccc(-c2[nH]ccc2Cl)cc1. The van der Waals surface area contributed by atoms with Crippen LogP contribution in [0.5, 0.6) is 0 Å². The normalized spacial score (nSPS) is 11.8. The average Bonchev–Trinajstić information content (AvgIpc) is 2.63. The van der Waals surface area contributed by atoms with Gasteiger partial charge in [-0.25, -0.2) is 0 Å². The lowest BCUT2D eigenvalue weighted by atomic mass is 9.86. The molecule has 1 aromatic carbocycles. The average molecular weight is 234 g/mol. The first-order valence-electron chi connectivity index (χ1n) is 5.42. The van der Waals surface area contributed by atoms with Gasteiger partial charge in [0.05, 0.1) is 10.7 Å². The van der Waals surface area contributed by atoms with Crippen LogP contribution in [0.15, 0.2) is 36.5 Å². The Balaban J connectivity index is 2.37. The third-order valence-corrected chi connectivity index (χ3v) is 3.05. The quantitative estimate of drug-likeness (QED) is 0.739. The first-order chi connectivity index (χ1) is 7.48. The second kappa shape index (κ2) is 3.99. The zero-order valence-corrected chi connectivity index (χ0v) is 10.6. The van der Waals surface area contributed by atoms with Gasteiger partial charge in [0.25, 0.3) is 0 Å². The highest BCUT2D eigenvalue weighted by Gasteiger charge is 2.13. The molecule has 0 bridgehead atoms. The van der Waals surface area contributed by atoms with Crippen molar-refractivity contribution in [2.75, 3.05) is 0 Å². The van der Waals surface area contributed by atoms with Crippen LogP contribution in [0.4, 0.5) is 0 Å². The van der Waals surface area contributed by atoms with E-state index in [1.54, 1.807) is 0 Å². The number of H-pyrrole nitrogens is 1. The first kappa shape index (κ1) is 11.3. The molecule has 1 N–H and O–H groups in total. The van der Waals surface area contributed by atoms with E-state index in [9.17, 15) is 0 Å². The van der Waals surface area contributed by atoms with E-state index >= 15 is 0 Å². The van der Waals surface area contributed by atoms with Crippen LogP contribution in [0.1, 0.15) is 26.3 Å². The van der Waals surface area contributed by atoms with Gasteiger partial charge in [-0.1, -0.05) is 56.6 Å². The van der Waals surface area contributed by atoms with Crippen LogP contribution in [0.25, 0.3) is 11.3 Å². The van der Waals surface area contributed by atoms with Crippen LogP contribution < -0.4 is 0 Å². The summed E-state index contributed by atoms with van der Waals surface area (Å²) in [6, 6.07) is 10.4. The zero-order chi connectivity index (χ0) is 11.8.